The number of rotatable bonds is 8. The third kappa shape index (κ3) is 4.52. The lowest BCUT2D eigenvalue weighted by molar-refractivity contribution is -0.133. The van der Waals surface area contributed by atoms with Crippen LogP contribution in [0, 0.1) is 5.92 Å². The number of halogens is 1. The van der Waals surface area contributed by atoms with Crippen LogP contribution in [0.2, 0.25) is 0 Å². The number of alkyl halides is 1. The molecule has 0 aromatic heterocycles. The Morgan fingerprint density at radius 3 is 2.40 bits per heavy atom. The molecule has 1 aromatic rings. The zero-order valence-electron chi connectivity index (χ0n) is 12.8. The smallest absolute Gasteiger partial charge is 0.230 e. The number of carbonyl (C=O) groups is 1. The summed E-state index contributed by atoms with van der Waals surface area (Å²) in [6.07, 6.45) is 1.85. The second-order valence-corrected chi connectivity index (χ2v) is 5.61. The van der Waals surface area contributed by atoms with Crippen LogP contribution in [0.15, 0.2) is 30.3 Å². The molecular weight excluding hydrogens is 270 g/mol. The lowest BCUT2D eigenvalue weighted by atomic mass is 9.84. The second-order valence-electron chi connectivity index (χ2n) is 5.23. The van der Waals surface area contributed by atoms with Gasteiger partial charge in [-0.15, -0.1) is 11.6 Å². The molecule has 0 radical (unpaired) electrons. The molecule has 0 aliphatic carbocycles. The third-order valence-electron chi connectivity index (χ3n) is 3.89. The predicted molar refractivity (Wildman–Crippen MR) is 86.2 cm³/mol. The van der Waals surface area contributed by atoms with E-state index in [1.165, 1.54) is 0 Å². The first-order chi connectivity index (χ1) is 9.65. The summed E-state index contributed by atoms with van der Waals surface area (Å²) in [5.74, 6) is 1.13. The molecule has 0 spiro atoms. The fourth-order valence-electron chi connectivity index (χ4n) is 2.48. The second kappa shape index (κ2) is 9.02. The van der Waals surface area contributed by atoms with Crippen molar-refractivity contribution < 1.29 is 4.79 Å². The van der Waals surface area contributed by atoms with Crippen molar-refractivity contribution in [1.82, 2.24) is 4.90 Å². The van der Waals surface area contributed by atoms with Gasteiger partial charge in [-0.3, -0.25) is 4.79 Å². The summed E-state index contributed by atoms with van der Waals surface area (Å²) in [5, 5.41) is 0. The predicted octanol–water partition coefficient (Wildman–Crippen LogP) is 4.29. The maximum atomic E-state index is 12.9. The molecule has 0 saturated heterocycles. The highest BCUT2D eigenvalue weighted by Crippen LogP contribution is 2.29. The van der Waals surface area contributed by atoms with E-state index >= 15 is 0 Å². The van der Waals surface area contributed by atoms with Crippen LogP contribution in [0.5, 0.6) is 0 Å². The molecule has 20 heavy (non-hydrogen) atoms. The zero-order valence-corrected chi connectivity index (χ0v) is 13.6. The van der Waals surface area contributed by atoms with Crippen molar-refractivity contribution in [3.63, 3.8) is 0 Å². The quantitative estimate of drug-likeness (QED) is 0.655. The Balaban J connectivity index is 2.95. The average Bonchev–Trinajstić information content (AvgIpc) is 2.49. The summed E-state index contributed by atoms with van der Waals surface area (Å²) in [6.45, 7) is 7.83. The molecule has 0 bridgehead atoms. The minimum absolute atomic E-state index is 0.0449. The van der Waals surface area contributed by atoms with Gasteiger partial charge in [0.15, 0.2) is 0 Å². The first kappa shape index (κ1) is 17.0. The Morgan fingerprint density at radius 1 is 1.25 bits per heavy atom. The van der Waals surface area contributed by atoms with E-state index in [0.717, 1.165) is 31.5 Å². The van der Waals surface area contributed by atoms with E-state index in [-0.39, 0.29) is 11.8 Å². The zero-order chi connectivity index (χ0) is 15.0. The minimum Gasteiger partial charge on any atom is -0.342 e. The standard InChI is InChI=1S/C17H26ClNO/c1-4-14(3)16(15-10-7-6-8-11-15)17(20)19(5-2)13-9-12-18/h6-8,10-11,14,16H,4-5,9,12-13H2,1-3H3. The number of likely N-dealkylation sites (N-methyl/N-ethyl adjacent to an activating group) is 1. The summed E-state index contributed by atoms with van der Waals surface area (Å²) in [7, 11) is 0. The van der Waals surface area contributed by atoms with Crippen molar-refractivity contribution in [1.29, 1.82) is 0 Å². The molecule has 0 aliphatic heterocycles. The molecule has 1 aromatic carbocycles. The molecule has 2 nitrogen and oxygen atoms in total. The van der Waals surface area contributed by atoms with Gasteiger partial charge in [0.25, 0.3) is 0 Å². The molecule has 1 rings (SSSR count). The summed E-state index contributed by atoms with van der Waals surface area (Å²) in [4.78, 5) is 14.8. The number of nitrogens with zero attached hydrogens (tertiary/aromatic N) is 1. The average molecular weight is 296 g/mol. The van der Waals surface area contributed by atoms with E-state index in [9.17, 15) is 4.79 Å². The molecule has 0 saturated carbocycles. The van der Waals surface area contributed by atoms with Crippen LogP contribution in [-0.2, 0) is 4.79 Å². The van der Waals surface area contributed by atoms with Gasteiger partial charge in [0.05, 0.1) is 5.92 Å². The van der Waals surface area contributed by atoms with Gasteiger partial charge in [0.1, 0.15) is 0 Å². The Kier molecular flexibility index (Phi) is 7.68. The Hall–Kier alpha value is -1.02. The molecule has 112 valence electrons. The van der Waals surface area contributed by atoms with Crippen LogP contribution in [0.1, 0.15) is 45.1 Å². The lowest BCUT2D eigenvalue weighted by Gasteiger charge is -2.29. The minimum atomic E-state index is -0.0449. The van der Waals surface area contributed by atoms with Gasteiger partial charge < -0.3 is 4.90 Å². The first-order valence-electron chi connectivity index (χ1n) is 7.55. The van der Waals surface area contributed by atoms with Gasteiger partial charge in [-0.25, -0.2) is 0 Å². The van der Waals surface area contributed by atoms with Crippen LogP contribution < -0.4 is 0 Å². The van der Waals surface area contributed by atoms with E-state index in [2.05, 4.69) is 26.0 Å². The lowest BCUT2D eigenvalue weighted by Crippen LogP contribution is -2.38. The van der Waals surface area contributed by atoms with Crippen molar-refractivity contribution in [3.05, 3.63) is 35.9 Å². The molecule has 0 fully saturated rings. The first-order valence-corrected chi connectivity index (χ1v) is 8.08. The molecule has 3 heteroatoms. The highest BCUT2D eigenvalue weighted by atomic mass is 35.5. The van der Waals surface area contributed by atoms with Gasteiger partial charge in [0.2, 0.25) is 5.91 Å². The summed E-state index contributed by atoms with van der Waals surface area (Å²) < 4.78 is 0. The Labute approximate surface area is 128 Å². The van der Waals surface area contributed by atoms with Crippen molar-refractivity contribution in [2.45, 2.75) is 39.5 Å². The molecule has 1 amide bonds. The molecule has 0 aliphatic rings. The van der Waals surface area contributed by atoms with Crippen molar-refractivity contribution >= 4 is 17.5 Å². The Bertz CT molecular complexity index is 393. The summed E-state index contributed by atoms with van der Waals surface area (Å²) in [5.41, 5.74) is 1.12. The van der Waals surface area contributed by atoms with Crippen molar-refractivity contribution in [2.75, 3.05) is 19.0 Å². The molecular formula is C17H26ClNO. The fraction of sp³-hybridized carbons (Fsp3) is 0.588. The van der Waals surface area contributed by atoms with Crippen molar-refractivity contribution in [3.8, 4) is 0 Å². The van der Waals surface area contributed by atoms with Gasteiger partial charge in [-0.1, -0.05) is 50.6 Å². The number of benzene rings is 1. The number of amides is 1. The van der Waals surface area contributed by atoms with E-state index in [4.69, 9.17) is 11.6 Å². The van der Waals surface area contributed by atoms with Crippen LogP contribution in [0.4, 0.5) is 0 Å². The van der Waals surface area contributed by atoms with Crippen LogP contribution in [-0.4, -0.2) is 29.8 Å². The van der Waals surface area contributed by atoms with Crippen LogP contribution >= 0.6 is 11.6 Å². The monoisotopic (exact) mass is 295 g/mol. The molecule has 0 heterocycles. The maximum absolute atomic E-state index is 12.9. The largest absolute Gasteiger partial charge is 0.342 e. The van der Waals surface area contributed by atoms with Crippen LogP contribution in [0.25, 0.3) is 0 Å². The maximum Gasteiger partial charge on any atom is 0.230 e. The van der Waals surface area contributed by atoms with Crippen LogP contribution in [0.3, 0.4) is 0 Å². The van der Waals surface area contributed by atoms with Gasteiger partial charge in [-0.2, -0.15) is 0 Å². The summed E-state index contributed by atoms with van der Waals surface area (Å²) >= 11 is 5.76. The normalized spacial score (nSPS) is 13.8. The highest BCUT2D eigenvalue weighted by molar-refractivity contribution is 6.17. The molecule has 0 N–H and O–H groups in total. The van der Waals surface area contributed by atoms with Gasteiger partial charge >= 0.3 is 0 Å². The number of hydrogen-bond donors (Lipinski definition) is 0. The van der Waals surface area contributed by atoms with E-state index in [1.807, 2.05) is 30.0 Å². The highest BCUT2D eigenvalue weighted by Gasteiger charge is 2.28. The topological polar surface area (TPSA) is 20.3 Å². The SMILES string of the molecule is CCC(C)C(C(=O)N(CC)CCCCl)c1ccccc1. The third-order valence-corrected chi connectivity index (χ3v) is 4.16. The van der Waals surface area contributed by atoms with Gasteiger partial charge in [0, 0.05) is 19.0 Å². The fourth-order valence-corrected chi connectivity index (χ4v) is 2.60. The van der Waals surface area contributed by atoms with E-state index in [0.29, 0.717) is 11.8 Å². The molecule has 2 atom stereocenters. The van der Waals surface area contributed by atoms with Gasteiger partial charge in [-0.05, 0) is 24.8 Å². The Morgan fingerprint density at radius 2 is 1.90 bits per heavy atom. The van der Waals surface area contributed by atoms with Crippen molar-refractivity contribution in [2.24, 2.45) is 5.92 Å². The molecule has 2 unspecified atom stereocenters. The van der Waals surface area contributed by atoms with E-state index < -0.39 is 0 Å². The number of hydrogen-bond acceptors (Lipinski definition) is 1. The summed E-state index contributed by atoms with van der Waals surface area (Å²) in [6, 6.07) is 10.1. The van der Waals surface area contributed by atoms with E-state index in [1.54, 1.807) is 0 Å². The number of carbonyl (C=O) groups excluding carboxylic acids is 1.